The number of benzene rings is 1. The molecule has 0 saturated heterocycles. The third-order valence-corrected chi connectivity index (χ3v) is 2.85. The van der Waals surface area contributed by atoms with Gasteiger partial charge in [-0.2, -0.15) is 11.8 Å². The van der Waals surface area contributed by atoms with Gasteiger partial charge in [0.2, 0.25) is 0 Å². The normalized spacial score (nSPS) is 12.3. The largest absolute Gasteiger partial charge is 0.573 e. The van der Waals surface area contributed by atoms with Crippen LogP contribution in [0.25, 0.3) is 0 Å². The molecule has 0 bridgehead atoms. The molecule has 0 fully saturated rings. The molecule has 3 N–H and O–H groups in total. The van der Waals surface area contributed by atoms with Crippen LogP contribution in [-0.4, -0.2) is 30.9 Å². The van der Waals surface area contributed by atoms with Crippen molar-refractivity contribution < 1.29 is 17.9 Å². The van der Waals surface area contributed by atoms with Gasteiger partial charge in [-0.25, -0.2) is 0 Å². The van der Waals surface area contributed by atoms with Crippen molar-refractivity contribution in [3.8, 4) is 5.75 Å². The van der Waals surface area contributed by atoms with Gasteiger partial charge in [0.15, 0.2) is 5.96 Å². The van der Waals surface area contributed by atoms with Gasteiger partial charge in [-0.3, -0.25) is 4.99 Å². The van der Waals surface area contributed by atoms with E-state index < -0.39 is 6.36 Å². The molecule has 0 spiro atoms. The van der Waals surface area contributed by atoms with Gasteiger partial charge in [0.25, 0.3) is 0 Å². The fourth-order valence-corrected chi connectivity index (χ4v) is 1.75. The van der Waals surface area contributed by atoms with Crippen molar-refractivity contribution in [3.63, 3.8) is 0 Å². The number of rotatable bonds is 6. The third-order valence-electron chi connectivity index (χ3n) is 2.15. The van der Waals surface area contributed by atoms with Crippen LogP contribution in [0.1, 0.15) is 6.42 Å². The molecule has 8 heteroatoms. The molecule has 20 heavy (non-hydrogen) atoms. The zero-order valence-electron chi connectivity index (χ0n) is 10.9. The Morgan fingerprint density at radius 1 is 1.35 bits per heavy atom. The minimum atomic E-state index is -4.69. The smallest absolute Gasteiger partial charge is 0.406 e. The highest BCUT2D eigenvalue weighted by molar-refractivity contribution is 7.98. The number of anilines is 1. The van der Waals surface area contributed by atoms with E-state index >= 15 is 0 Å². The summed E-state index contributed by atoms with van der Waals surface area (Å²) in [6.45, 7) is 0.606. The molecule has 1 aromatic rings. The van der Waals surface area contributed by atoms with Crippen LogP contribution < -0.4 is 15.8 Å². The van der Waals surface area contributed by atoms with Gasteiger partial charge in [-0.1, -0.05) is 0 Å². The summed E-state index contributed by atoms with van der Waals surface area (Å²) in [5.74, 6) is 0.953. The quantitative estimate of drug-likeness (QED) is 0.482. The van der Waals surface area contributed by atoms with Crippen molar-refractivity contribution in [3.05, 3.63) is 24.3 Å². The first-order valence-electron chi connectivity index (χ1n) is 5.82. The molecule has 4 nitrogen and oxygen atoms in total. The van der Waals surface area contributed by atoms with Crippen molar-refractivity contribution in [1.82, 2.24) is 0 Å². The molecular formula is C12H16F3N3OS. The van der Waals surface area contributed by atoms with E-state index in [9.17, 15) is 13.2 Å². The van der Waals surface area contributed by atoms with E-state index in [1.807, 2.05) is 6.26 Å². The lowest BCUT2D eigenvalue weighted by Crippen LogP contribution is -2.23. The molecule has 0 aromatic heterocycles. The second-order valence-electron chi connectivity index (χ2n) is 3.81. The highest BCUT2D eigenvalue weighted by atomic mass is 32.2. The Kier molecular flexibility index (Phi) is 6.50. The maximum Gasteiger partial charge on any atom is 0.573 e. The van der Waals surface area contributed by atoms with E-state index in [0.29, 0.717) is 12.2 Å². The fourth-order valence-electron chi connectivity index (χ4n) is 1.34. The number of aliphatic imine (C=N–C) groups is 1. The zero-order chi connectivity index (χ0) is 15.0. The first-order chi connectivity index (χ1) is 9.40. The first-order valence-corrected chi connectivity index (χ1v) is 7.22. The molecule has 0 aliphatic rings. The highest BCUT2D eigenvalue weighted by Crippen LogP contribution is 2.23. The van der Waals surface area contributed by atoms with Crippen molar-refractivity contribution in [2.24, 2.45) is 10.7 Å². The number of nitrogens with two attached hydrogens (primary N) is 1. The molecule has 1 rings (SSSR count). The summed E-state index contributed by atoms with van der Waals surface area (Å²) in [6, 6.07) is 5.28. The molecule has 0 heterocycles. The van der Waals surface area contributed by atoms with Gasteiger partial charge in [0.05, 0.1) is 0 Å². The van der Waals surface area contributed by atoms with Crippen LogP contribution in [0, 0.1) is 0 Å². The predicted molar refractivity (Wildman–Crippen MR) is 76.2 cm³/mol. The zero-order valence-corrected chi connectivity index (χ0v) is 11.7. The molecule has 0 amide bonds. The van der Waals surface area contributed by atoms with Crippen LogP contribution in [0.2, 0.25) is 0 Å². The van der Waals surface area contributed by atoms with E-state index in [-0.39, 0.29) is 11.7 Å². The van der Waals surface area contributed by atoms with Crippen LogP contribution in [0.3, 0.4) is 0 Å². The summed E-state index contributed by atoms with van der Waals surface area (Å²) in [5, 5.41) is 2.79. The minimum absolute atomic E-state index is 0.232. The number of guanidine groups is 1. The summed E-state index contributed by atoms with van der Waals surface area (Å²) < 4.78 is 39.7. The lowest BCUT2D eigenvalue weighted by molar-refractivity contribution is -0.274. The molecular weight excluding hydrogens is 291 g/mol. The molecule has 0 radical (unpaired) electrons. The third kappa shape index (κ3) is 7.13. The van der Waals surface area contributed by atoms with Crippen molar-refractivity contribution in [1.29, 1.82) is 0 Å². The summed E-state index contributed by atoms with van der Waals surface area (Å²) >= 11 is 1.73. The average Bonchev–Trinajstić information content (AvgIpc) is 2.35. The van der Waals surface area contributed by atoms with E-state index in [1.165, 1.54) is 24.3 Å². The van der Waals surface area contributed by atoms with Gasteiger partial charge in [0.1, 0.15) is 5.75 Å². The maximum absolute atomic E-state index is 12.0. The number of thioether (sulfide) groups is 1. The van der Waals surface area contributed by atoms with Gasteiger partial charge in [-0.05, 0) is 42.7 Å². The number of hydrogen-bond donors (Lipinski definition) is 2. The lowest BCUT2D eigenvalue weighted by atomic mass is 10.3. The second-order valence-corrected chi connectivity index (χ2v) is 4.80. The molecule has 1 aromatic carbocycles. The molecule has 0 atom stereocenters. The Hall–Kier alpha value is -1.57. The van der Waals surface area contributed by atoms with Gasteiger partial charge < -0.3 is 15.8 Å². The average molecular weight is 307 g/mol. The molecule has 0 aliphatic carbocycles. The standard InChI is InChI=1S/C12H16F3N3OS/c1-20-8-2-7-17-11(16)18-9-3-5-10(6-4-9)19-12(13,14)15/h3-6H,2,7-8H2,1H3,(H3,16,17,18). The van der Waals surface area contributed by atoms with Crippen molar-refractivity contribution in [2.75, 3.05) is 23.9 Å². The Labute approximate surface area is 119 Å². The molecule has 0 saturated carbocycles. The van der Waals surface area contributed by atoms with E-state index in [2.05, 4.69) is 15.0 Å². The Morgan fingerprint density at radius 2 is 2.00 bits per heavy atom. The number of halogens is 3. The van der Waals surface area contributed by atoms with Crippen LogP contribution >= 0.6 is 11.8 Å². The molecule has 0 unspecified atom stereocenters. The van der Waals surface area contributed by atoms with Crippen molar-refractivity contribution >= 4 is 23.4 Å². The first kappa shape index (κ1) is 16.5. The number of nitrogens with one attached hydrogen (secondary N) is 1. The minimum Gasteiger partial charge on any atom is -0.406 e. The van der Waals surface area contributed by atoms with E-state index in [0.717, 1.165) is 12.2 Å². The SMILES string of the molecule is CSCCCN=C(N)Nc1ccc(OC(F)(F)F)cc1. The van der Waals surface area contributed by atoms with Gasteiger partial charge in [-0.15, -0.1) is 13.2 Å². The Morgan fingerprint density at radius 3 is 2.55 bits per heavy atom. The number of hydrogen-bond acceptors (Lipinski definition) is 3. The number of ether oxygens (including phenoxy) is 1. The Bertz CT molecular complexity index is 435. The Balaban J connectivity index is 2.48. The van der Waals surface area contributed by atoms with Gasteiger partial charge in [0, 0.05) is 12.2 Å². The summed E-state index contributed by atoms with van der Waals surface area (Å²) in [7, 11) is 0. The number of nitrogens with zero attached hydrogens (tertiary/aromatic N) is 1. The summed E-state index contributed by atoms with van der Waals surface area (Å²) in [4.78, 5) is 4.10. The van der Waals surface area contributed by atoms with Crippen LogP contribution in [0.4, 0.5) is 18.9 Å². The lowest BCUT2D eigenvalue weighted by Gasteiger charge is -2.10. The highest BCUT2D eigenvalue weighted by Gasteiger charge is 2.30. The fraction of sp³-hybridized carbons (Fsp3) is 0.417. The summed E-state index contributed by atoms with van der Waals surface area (Å²) in [5.41, 5.74) is 6.20. The van der Waals surface area contributed by atoms with Crippen molar-refractivity contribution in [2.45, 2.75) is 12.8 Å². The van der Waals surface area contributed by atoms with Gasteiger partial charge >= 0.3 is 6.36 Å². The topological polar surface area (TPSA) is 59.6 Å². The molecule has 112 valence electrons. The number of alkyl halides is 3. The van der Waals surface area contributed by atoms with E-state index in [1.54, 1.807) is 11.8 Å². The predicted octanol–water partition coefficient (Wildman–Crippen LogP) is 3.06. The second kappa shape index (κ2) is 7.88. The maximum atomic E-state index is 12.0. The van der Waals surface area contributed by atoms with Crippen LogP contribution in [0.5, 0.6) is 5.75 Å². The monoisotopic (exact) mass is 307 g/mol. The van der Waals surface area contributed by atoms with Crippen LogP contribution in [0.15, 0.2) is 29.3 Å². The van der Waals surface area contributed by atoms with E-state index in [4.69, 9.17) is 5.73 Å². The molecule has 0 aliphatic heterocycles. The summed E-state index contributed by atoms with van der Waals surface area (Å²) in [6.07, 6.45) is -1.76. The van der Waals surface area contributed by atoms with Crippen LogP contribution in [-0.2, 0) is 0 Å².